The van der Waals surface area contributed by atoms with Crippen molar-refractivity contribution in [2.45, 2.75) is 65.8 Å². The van der Waals surface area contributed by atoms with E-state index < -0.39 is 0 Å². The van der Waals surface area contributed by atoms with Gasteiger partial charge in [0.2, 0.25) is 5.91 Å². The highest BCUT2D eigenvalue weighted by Crippen LogP contribution is 2.45. The summed E-state index contributed by atoms with van der Waals surface area (Å²) in [6.07, 6.45) is 5.62. The number of nitrogens with two attached hydrogens (primary N) is 1. The van der Waals surface area contributed by atoms with E-state index in [1.807, 2.05) is 0 Å². The number of rotatable bonds is 5. The minimum Gasteiger partial charge on any atom is -0.342 e. The molecular formula is C17H32N2O. The molecular weight excluding hydrogens is 248 g/mol. The summed E-state index contributed by atoms with van der Waals surface area (Å²) in [6.45, 7) is 10.8. The van der Waals surface area contributed by atoms with Crippen LogP contribution in [0, 0.1) is 23.2 Å². The smallest absolute Gasteiger partial charge is 0.226 e. The van der Waals surface area contributed by atoms with Crippen LogP contribution in [0.5, 0.6) is 0 Å². The van der Waals surface area contributed by atoms with Gasteiger partial charge in [-0.2, -0.15) is 0 Å². The van der Waals surface area contributed by atoms with Crippen molar-refractivity contribution in [3.8, 4) is 0 Å². The van der Waals surface area contributed by atoms with Crippen molar-refractivity contribution in [1.82, 2.24) is 4.90 Å². The van der Waals surface area contributed by atoms with Crippen LogP contribution in [0.4, 0.5) is 0 Å². The summed E-state index contributed by atoms with van der Waals surface area (Å²) in [7, 11) is 0. The van der Waals surface area contributed by atoms with Crippen molar-refractivity contribution in [3.63, 3.8) is 0 Å². The summed E-state index contributed by atoms with van der Waals surface area (Å²) in [5.41, 5.74) is 6.23. The van der Waals surface area contributed by atoms with Gasteiger partial charge in [0.1, 0.15) is 0 Å². The number of amides is 1. The molecule has 0 aromatic heterocycles. The standard InChI is InChI=1S/C17H32N2O/c1-5-10-19(11-13-6-7-13)16(20)14-8-9-15(18)12(2)17(14,3)4/h12-15H,5-11,18H2,1-4H3. The Morgan fingerprint density at radius 1 is 1.25 bits per heavy atom. The molecule has 3 unspecified atom stereocenters. The number of carbonyl (C=O) groups excluding carboxylic acids is 1. The Morgan fingerprint density at radius 2 is 1.90 bits per heavy atom. The molecule has 20 heavy (non-hydrogen) atoms. The highest BCUT2D eigenvalue weighted by molar-refractivity contribution is 5.80. The molecule has 2 aliphatic carbocycles. The third-order valence-electron chi connectivity index (χ3n) is 5.78. The van der Waals surface area contributed by atoms with E-state index in [1.54, 1.807) is 0 Å². The lowest BCUT2D eigenvalue weighted by atomic mass is 9.60. The maximum absolute atomic E-state index is 13.0. The molecule has 1 amide bonds. The highest BCUT2D eigenvalue weighted by atomic mass is 16.2. The molecule has 0 bridgehead atoms. The quantitative estimate of drug-likeness (QED) is 0.841. The van der Waals surface area contributed by atoms with Gasteiger partial charge < -0.3 is 10.6 Å². The third kappa shape index (κ3) is 3.19. The summed E-state index contributed by atoms with van der Waals surface area (Å²) in [6, 6.07) is 0.247. The Labute approximate surface area is 124 Å². The lowest BCUT2D eigenvalue weighted by Crippen LogP contribution is -2.52. The number of carbonyl (C=O) groups is 1. The van der Waals surface area contributed by atoms with E-state index in [0.717, 1.165) is 38.3 Å². The second kappa shape index (κ2) is 6.05. The molecule has 0 spiro atoms. The van der Waals surface area contributed by atoms with Crippen LogP contribution in [0.1, 0.15) is 59.8 Å². The number of hydrogen-bond acceptors (Lipinski definition) is 2. The van der Waals surface area contributed by atoms with E-state index in [4.69, 9.17) is 5.73 Å². The van der Waals surface area contributed by atoms with Gasteiger partial charge in [0.15, 0.2) is 0 Å². The van der Waals surface area contributed by atoms with Gasteiger partial charge in [-0.3, -0.25) is 4.79 Å². The molecule has 116 valence electrons. The molecule has 2 saturated carbocycles. The molecule has 3 heteroatoms. The lowest BCUT2D eigenvalue weighted by molar-refractivity contribution is -0.143. The fraction of sp³-hybridized carbons (Fsp3) is 0.941. The predicted octanol–water partition coefficient (Wildman–Crippen LogP) is 3.03. The SMILES string of the molecule is CCCN(CC1CC1)C(=O)C1CCC(N)C(C)C1(C)C. The molecule has 2 rings (SSSR count). The maximum Gasteiger partial charge on any atom is 0.226 e. The monoisotopic (exact) mass is 280 g/mol. The first kappa shape index (κ1) is 15.8. The second-order valence-electron chi connectivity index (χ2n) is 7.63. The molecule has 2 fully saturated rings. The summed E-state index contributed by atoms with van der Waals surface area (Å²) >= 11 is 0. The van der Waals surface area contributed by atoms with Crippen LogP contribution in [0.15, 0.2) is 0 Å². The normalized spacial score (nSPS) is 33.0. The topological polar surface area (TPSA) is 46.3 Å². The predicted molar refractivity (Wildman–Crippen MR) is 83.2 cm³/mol. The highest BCUT2D eigenvalue weighted by Gasteiger charge is 2.46. The van der Waals surface area contributed by atoms with Crippen LogP contribution in [-0.4, -0.2) is 29.9 Å². The van der Waals surface area contributed by atoms with Crippen molar-refractivity contribution in [1.29, 1.82) is 0 Å². The second-order valence-corrected chi connectivity index (χ2v) is 7.63. The largest absolute Gasteiger partial charge is 0.342 e. The van der Waals surface area contributed by atoms with E-state index in [0.29, 0.717) is 11.8 Å². The first-order valence-electron chi connectivity index (χ1n) is 8.42. The molecule has 0 heterocycles. The van der Waals surface area contributed by atoms with Gasteiger partial charge in [0.05, 0.1) is 0 Å². The van der Waals surface area contributed by atoms with E-state index in [-0.39, 0.29) is 17.4 Å². The summed E-state index contributed by atoms with van der Waals surface area (Å²) in [4.78, 5) is 15.2. The maximum atomic E-state index is 13.0. The molecule has 2 N–H and O–H groups in total. The molecule has 3 atom stereocenters. The zero-order valence-electron chi connectivity index (χ0n) is 13.7. The van der Waals surface area contributed by atoms with Crippen LogP contribution in [0.2, 0.25) is 0 Å². The fourth-order valence-corrected chi connectivity index (χ4v) is 3.69. The van der Waals surface area contributed by atoms with E-state index >= 15 is 0 Å². The summed E-state index contributed by atoms with van der Waals surface area (Å²) in [5.74, 6) is 1.73. The van der Waals surface area contributed by atoms with Gasteiger partial charge in [0.25, 0.3) is 0 Å². The Balaban J connectivity index is 2.08. The van der Waals surface area contributed by atoms with Crippen LogP contribution >= 0.6 is 0 Å². The Bertz CT molecular complexity index is 349. The van der Waals surface area contributed by atoms with Crippen LogP contribution < -0.4 is 5.73 Å². The van der Waals surface area contributed by atoms with E-state index in [1.165, 1.54) is 12.8 Å². The zero-order valence-corrected chi connectivity index (χ0v) is 13.7. The Morgan fingerprint density at radius 3 is 2.45 bits per heavy atom. The van der Waals surface area contributed by atoms with Crippen molar-refractivity contribution in [2.24, 2.45) is 28.9 Å². The van der Waals surface area contributed by atoms with Crippen LogP contribution in [-0.2, 0) is 4.79 Å². The molecule has 0 aromatic carbocycles. The minimum atomic E-state index is 0.0181. The Kier molecular flexibility index (Phi) is 4.78. The lowest BCUT2D eigenvalue weighted by Gasteiger charge is -2.47. The fourth-order valence-electron chi connectivity index (χ4n) is 3.69. The number of nitrogens with zero attached hydrogens (tertiary/aromatic N) is 1. The van der Waals surface area contributed by atoms with E-state index in [2.05, 4.69) is 32.6 Å². The molecule has 0 radical (unpaired) electrons. The van der Waals surface area contributed by atoms with Gasteiger partial charge in [-0.15, -0.1) is 0 Å². The van der Waals surface area contributed by atoms with E-state index in [9.17, 15) is 4.79 Å². The summed E-state index contributed by atoms with van der Waals surface area (Å²) in [5, 5.41) is 0. The average Bonchev–Trinajstić information content (AvgIpc) is 3.19. The van der Waals surface area contributed by atoms with Crippen molar-refractivity contribution in [3.05, 3.63) is 0 Å². The molecule has 2 aliphatic rings. The minimum absolute atomic E-state index is 0.0181. The van der Waals surface area contributed by atoms with Gasteiger partial charge in [-0.05, 0) is 49.4 Å². The third-order valence-corrected chi connectivity index (χ3v) is 5.78. The molecule has 0 aliphatic heterocycles. The Hall–Kier alpha value is -0.570. The molecule has 3 nitrogen and oxygen atoms in total. The van der Waals surface area contributed by atoms with Crippen molar-refractivity contribution < 1.29 is 4.79 Å². The summed E-state index contributed by atoms with van der Waals surface area (Å²) < 4.78 is 0. The van der Waals surface area contributed by atoms with Gasteiger partial charge in [-0.1, -0.05) is 27.7 Å². The molecule has 0 saturated heterocycles. The van der Waals surface area contributed by atoms with Gasteiger partial charge in [-0.25, -0.2) is 0 Å². The first-order valence-corrected chi connectivity index (χ1v) is 8.42. The zero-order chi connectivity index (χ0) is 14.9. The van der Waals surface area contributed by atoms with Crippen molar-refractivity contribution >= 4 is 5.91 Å². The van der Waals surface area contributed by atoms with Crippen molar-refractivity contribution in [2.75, 3.05) is 13.1 Å². The van der Waals surface area contributed by atoms with Gasteiger partial charge >= 0.3 is 0 Å². The average molecular weight is 280 g/mol. The number of hydrogen-bond donors (Lipinski definition) is 1. The molecule has 0 aromatic rings. The van der Waals surface area contributed by atoms with Crippen LogP contribution in [0.3, 0.4) is 0 Å². The first-order chi connectivity index (χ1) is 9.37. The van der Waals surface area contributed by atoms with Gasteiger partial charge in [0, 0.05) is 25.0 Å². The van der Waals surface area contributed by atoms with Crippen LogP contribution in [0.25, 0.3) is 0 Å².